The number of hydrogen-bond acceptors (Lipinski definition) is 8. The predicted molar refractivity (Wildman–Crippen MR) is 172 cm³/mol. The summed E-state index contributed by atoms with van der Waals surface area (Å²) in [6.07, 6.45) is 6.57. The van der Waals surface area contributed by atoms with Crippen molar-refractivity contribution in [2.75, 3.05) is 22.6 Å². The highest BCUT2D eigenvalue weighted by atomic mass is 35.5. The molecule has 1 aliphatic rings. The molecule has 2 N–H and O–H groups in total. The molecular weight excluding hydrogens is 600 g/mol. The summed E-state index contributed by atoms with van der Waals surface area (Å²) >= 11 is 6.79. The minimum Gasteiger partial charge on any atom is -0.378 e. The third-order valence-corrected chi connectivity index (χ3v) is 9.02. The fraction of sp³-hybridized carbons (Fsp3) is 0.226. The van der Waals surface area contributed by atoms with E-state index in [9.17, 15) is 18.1 Å². The van der Waals surface area contributed by atoms with E-state index in [-0.39, 0.29) is 17.1 Å². The number of hydrogen-bond donors (Lipinski definition) is 2. The van der Waals surface area contributed by atoms with Crippen LogP contribution in [0.4, 0.5) is 15.8 Å². The molecule has 0 saturated heterocycles. The molecule has 0 bridgehead atoms. The molecule has 0 spiro atoms. The highest BCUT2D eigenvalue weighted by molar-refractivity contribution is 7.90. The zero-order valence-corrected chi connectivity index (χ0v) is 25.6. The third kappa shape index (κ3) is 6.11. The van der Waals surface area contributed by atoms with Crippen molar-refractivity contribution in [2.24, 2.45) is 0 Å². The second kappa shape index (κ2) is 11.6. The van der Waals surface area contributed by atoms with Crippen molar-refractivity contribution in [1.29, 1.82) is 5.26 Å². The predicted octanol–water partition coefficient (Wildman–Crippen LogP) is 4.97. The van der Waals surface area contributed by atoms with E-state index in [1.54, 1.807) is 18.2 Å². The summed E-state index contributed by atoms with van der Waals surface area (Å²) in [5.41, 5.74) is 2.83. The molecule has 222 valence electrons. The van der Waals surface area contributed by atoms with Crippen molar-refractivity contribution in [3.8, 4) is 6.07 Å². The van der Waals surface area contributed by atoms with Crippen molar-refractivity contribution < 1.29 is 12.8 Å². The lowest BCUT2D eigenvalue weighted by Crippen LogP contribution is -2.37. The number of aromatic nitrogens is 4. The Kier molecular flexibility index (Phi) is 7.78. The summed E-state index contributed by atoms with van der Waals surface area (Å²) < 4.78 is 40.7. The zero-order chi connectivity index (χ0) is 31.1. The average molecular weight is 628 g/mol. The lowest BCUT2D eigenvalue weighted by atomic mass is 9.69. The van der Waals surface area contributed by atoms with Crippen LogP contribution >= 0.6 is 11.6 Å². The first-order valence-corrected chi connectivity index (χ1v) is 16.5. The van der Waals surface area contributed by atoms with Crippen molar-refractivity contribution in [2.45, 2.75) is 30.4 Å². The molecule has 2 heterocycles. The first kappa shape index (κ1) is 29.6. The van der Waals surface area contributed by atoms with E-state index in [1.807, 2.05) is 55.1 Å². The Hall–Kier alpha value is -4.47. The molecule has 13 heteroatoms. The minimum absolute atomic E-state index is 0.198. The van der Waals surface area contributed by atoms with Gasteiger partial charge < -0.3 is 10.6 Å². The fourth-order valence-corrected chi connectivity index (χ4v) is 6.48. The highest BCUT2D eigenvalue weighted by Gasteiger charge is 2.34. The maximum Gasteiger partial charge on any atom is 0.149 e. The van der Waals surface area contributed by atoms with Crippen LogP contribution in [0.5, 0.6) is 0 Å². The number of nitrogens with zero attached hydrogens (tertiary/aromatic N) is 5. The topological polar surface area (TPSA) is 126 Å². The van der Waals surface area contributed by atoms with Gasteiger partial charge in [0.1, 0.15) is 35.3 Å². The normalized spacial score (nSPS) is 15.3. The molecule has 9 nitrogen and oxygen atoms in total. The van der Waals surface area contributed by atoms with Crippen molar-refractivity contribution in [3.63, 3.8) is 0 Å². The van der Waals surface area contributed by atoms with Gasteiger partial charge in [0.05, 0.1) is 51.3 Å². The maximum absolute atomic E-state index is 13.9. The minimum atomic E-state index is -3.41. The van der Waals surface area contributed by atoms with Crippen LogP contribution in [0.25, 0.3) is 10.9 Å². The number of halogens is 2. The number of anilines is 2. The first-order chi connectivity index (χ1) is 21.0. The smallest absolute Gasteiger partial charge is 0.149 e. The number of benzene rings is 3. The molecular formula is C31H28BClFN7O2S. The molecule has 6 rings (SSSR count). The number of rotatable bonds is 10. The molecule has 1 unspecified atom stereocenters. The van der Waals surface area contributed by atoms with Gasteiger partial charge in [-0.05, 0) is 48.2 Å². The van der Waals surface area contributed by atoms with Crippen LogP contribution in [0.3, 0.4) is 0 Å². The Morgan fingerprint density at radius 1 is 1.18 bits per heavy atom. The Bertz CT molecular complexity index is 2000. The van der Waals surface area contributed by atoms with Gasteiger partial charge in [-0.25, -0.2) is 17.5 Å². The number of fused-ring (bicyclic) bond motifs is 1. The van der Waals surface area contributed by atoms with Gasteiger partial charge in [-0.1, -0.05) is 59.3 Å². The Labute approximate surface area is 260 Å². The Morgan fingerprint density at radius 3 is 2.57 bits per heavy atom. The molecule has 1 fully saturated rings. The number of nitrogens with one attached hydrogen (secondary N) is 2. The van der Waals surface area contributed by atoms with Crippen molar-refractivity contribution in [3.05, 3.63) is 112 Å². The monoisotopic (exact) mass is 627 g/mol. The van der Waals surface area contributed by atoms with E-state index < -0.39 is 21.3 Å². The van der Waals surface area contributed by atoms with Gasteiger partial charge in [-0.15, -0.1) is 5.10 Å². The Morgan fingerprint density at radius 2 is 1.91 bits per heavy atom. The van der Waals surface area contributed by atoms with E-state index in [0.29, 0.717) is 39.0 Å². The molecule has 2 atom stereocenters. The van der Waals surface area contributed by atoms with Crippen LogP contribution in [0.2, 0.25) is 5.02 Å². The van der Waals surface area contributed by atoms with Crippen LogP contribution in [0.1, 0.15) is 47.3 Å². The summed E-state index contributed by atoms with van der Waals surface area (Å²) in [5.74, 6) is -0.559. The van der Waals surface area contributed by atoms with E-state index in [4.69, 9.17) is 11.6 Å². The van der Waals surface area contributed by atoms with Crippen LogP contribution < -0.4 is 10.6 Å². The quantitative estimate of drug-likeness (QED) is 0.208. The van der Waals surface area contributed by atoms with Crippen LogP contribution in [0, 0.1) is 17.1 Å². The van der Waals surface area contributed by atoms with Crippen LogP contribution in [-0.2, 0) is 15.3 Å². The molecule has 3 aromatic carbocycles. The molecule has 1 saturated carbocycles. The summed E-state index contributed by atoms with van der Waals surface area (Å²) in [6, 6.07) is 20.7. The van der Waals surface area contributed by atoms with E-state index >= 15 is 0 Å². The van der Waals surface area contributed by atoms with Gasteiger partial charge >= 0.3 is 0 Å². The van der Waals surface area contributed by atoms with E-state index in [2.05, 4.69) is 32.0 Å². The van der Waals surface area contributed by atoms with Crippen LogP contribution in [-0.4, -0.2) is 48.3 Å². The molecule has 5 aromatic rings. The lowest BCUT2D eigenvalue weighted by molar-refractivity contribution is 0.597. The van der Waals surface area contributed by atoms with Gasteiger partial charge in [0.2, 0.25) is 0 Å². The van der Waals surface area contributed by atoms with Crippen LogP contribution in [0.15, 0.2) is 79.1 Å². The molecule has 0 amide bonds. The molecule has 1 aliphatic carbocycles. The number of sulfone groups is 1. The first-order valence-electron chi connectivity index (χ1n) is 14.0. The number of pyridine rings is 1. The second-order valence-corrected chi connectivity index (χ2v) is 13.9. The van der Waals surface area contributed by atoms with Gasteiger partial charge in [-0.3, -0.25) is 4.98 Å². The summed E-state index contributed by atoms with van der Waals surface area (Å²) in [4.78, 5) is 4.45. The fourth-order valence-electron chi connectivity index (χ4n) is 5.33. The molecule has 0 aliphatic heterocycles. The summed E-state index contributed by atoms with van der Waals surface area (Å²) in [7, 11) is -1.48. The van der Waals surface area contributed by atoms with Gasteiger partial charge in [-0.2, -0.15) is 5.26 Å². The molecule has 2 aromatic heterocycles. The molecule has 44 heavy (non-hydrogen) atoms. The zero-order valence-electron chi connectivity index (χ0n) is 24.0. The Balaban J connectivity index is 1.47. The second-order valence-electron chi connectivity index (χ2n) is 11.3. The van der Waals surface area contributed by atoms with Crippen molar-refractivity contribution >= 4 is 51.6 Å². The standard InChI is InChI=1S/C31H28BClFN7O2S/c1-44(42,43)18-27(19-5-3-2-4-6-19)37-29-20(15-35)16-36-30-25(29)13-23(14-26(30)33)38-31(32,21-7-9-22(34)10-8-21)28-17-41(40-39-28)24-11-12-24/h2-10,13-14,16-17,24,27,38H,11-12,18,32H2,1H3,(H,36,37)/t27-,31?/m1/s1. The summed E-state index contributed by atoms with van der Waals surface area (Å²) in [5, 5.41) is 26.6. The van der Waals surface area contributed by atoms with Crippen molar-refractivity contribution in [1.82, 2.24) is 20.0 Å². The average Bonchev–Trinajstić information content (AvgIpc) is 3.72. The SMILES string of the molecule is BC(Nc1cc(Cl)c2ncc(C#N)c(N[C@H](CS(C)(=O)=O)c3ccccc3)c2c1)(c1ccc(F)cc1)c1cn(C2CC2)nn1. The largest absolute Gasteiger partial charge is 0.378 e. The van der Waals surface area contributed by atoms with E-state index in [1.165, 1.54) is 24.6 Å². The highest BCUT2D eigenvalue weighted by Crippen LogP contribution is 2.39. The lowest BCUT2D eigenvalue weighted by Gasteiger charge is -2.31. The third-order valence-electron chi connectivity index (χ3n) is 7.79. The molecule has 0 radical (unpaired) electrons. The van der Waals surface area contributed by atoms with Gasteiger partial charge in [0.25, 0.3) is 0 Å². The van der Waals surface area contributed by atoms with Gasteiger partial charge in [0.15, 0.2) is 0 Å². The number of nitriles is 1. The summed E-state index contributed by atoms with van der Waals surface area (Å²) in [6.45, 7) is 0. The van der Waals surface area contributed by atoms with Gasteiger partial charge in [0, 0.05) is 23.5 Å². The maximum atomic E-state index is 13.9. The van der Waals surface area contributed by atoms with E-state index in [0.717, 1.165) is 24.0 Å².